The monoisotopic (exact) mass is 599 g/mol. The molecule has 2 N–H and O–H groups in total. The van der Waals surface area contributed by atoms with Crippen molar-refractivity contribution in [1.82, 2.24) is 24.3 Å². The number of fused-ring (bicyclic) bond motifs is 1. The minimum absolute atomic E-state index is 0.0685. The van der Waals surface area contributed by atoms with Crippen molar-refractivity contribution in [3.63, 3.8) is 0 Å². The first-order valence-electron chi connectivity index (χ1n) is 14.3. The Morgan fingerprint density at radius 1 is 0.955 bits per heavy atom. The zero-order chi connectivity index (χ0) is 30.0. The lowest BCUT2D eigenvalue weighted by molar-refractivity contribution is -0.133. The van der Waals surface area contributed by atoms with Gasteiger partial charge < -0.3 is 15.5 Å². The summed E-state index contributed by atoms with van der Waals surface area (Å²) < 4.78 is 2.01. The zero-order valence-electron chi connectivity index (χ0n) is 24.0. The minimum Gasteiger partial charge on any atom is -0.342 e. The van der Waals surface area contributed by atoms with E-state index < -0.39 is 0 Å². The summed E-state index contributed by atoms with van der Waals surface area (Å²) in [4.78, 5) is 40.4. The number of rotatable bonds is 8. The summed E-state index contributed by atoms with van der Waals surface area (Å²) in [5.74, 6) is 0.887. The lowest BCUT2D eigenvalue weighted by Crippen LogP contribution is -2.47. The summed E-state index contributed by atoms with van der Waals surface area (Å²) in [6.07, 6.45) is 4.03. The number of amides is 2. The summed E-state index contributed by atoms with van der Waals surface area (Å²) >= 11 is 1.58. The average molecular weight is 600 g/mol. The van der Waals surface area contributed by atoms with Crippen LogP contribution in [0.4, 0.5) is 17.3 Å². The first-order chi connectivity index (χ1) is 21.5. The summed E-state index contributed by atoms with van der Waals surface area (Å²) in [5.41, 5.74) is 7.71. The second kappa shape index (κ2) is 11.7. The van der Waals surface area contributed by atoms with Crippen molar-refractivity contribution in [3.8, 4) is 22.6 Å². The lowest BCUT2D eigenvalue weighted by atomic mass is 9.91. The molecule has 44 heavy (non-hydrogen) atoms. The molecule has 1 saturated heterocycles. The third kappa shape index (κ3) is 5.67. The summed E-state index contributed by atoms with van der Waals surface area (Å²) in [7, 11) is 0. The number of thiophene rings is 1. The molecule has 10 heteroatoms. The van der Waals surface area contributed by atoms with E-state index in [2.05, 4.69) is 27.8 Å². The van der Waals surface area contributed by atoms with Crippen LogP contribution in [0.25, 0.3) is 28.3 Å². The van der Waals surface area contributed by atoms with Gasteiger partial charge >= 0.3 is 0 Å². The van der Waals surface area contributed by atoms with E-state index in [-0.39, 0.29) is 11.8 Å². The zero-order valence-corrected chi connectivity index (χ0v) is 24.8. The number of hydrogen-bond acceptors (Lipinski definition) is 7. The number of hydrogen-bond donors (Lipinski definition) is 2. The molecule has 0 radical (unpaired) electrons. The van der Waals surface area contributed by atoms with E-state index in [0.717, 1.165) is 46.9 Å². The highest BCUT2D eigenvalue weighted by Gasteiger charge is 2.29. The third-order valence-electron chi connectivity index (χ3n) is 7.76. The van der Waals surface area contributed by atoms with E-state index >= 15 is 0 Å². The van der Waals surface area contributed by atoms with Crippen LogP contribution >= 0.6 is 11.3 Å². The maximum Gasteiger partial charge on any atom is 0.228 e. The number of likely N-dealkylation sites (tertiary alicyclic amines) is 1. The predicted octanol–water partition coefficient (Wildman–Crippen LogP) is 6.39. The molecule has 2 amide bonds. The Morgan fingerprint density at radius 2 is 1.82 bits per heavy atom. The molecule has 218 valence electrons. The van der Waals surface area contributed by atoms with Crippen LogP contribution in [0, 0.1) is 0 Å². The Balaban J connectivity index is 1.15. The molecular formula is C34H29N7O2S. The topological polar surface area (TPSA) is 105 Å². The fraction of sp³-hybridized carbons (Fsp3) is 0.147. The molecule has 0 saturated carbocycles. The van der Waals surface area contributed by atoms with Crippen molar-refractivity contribution in [2.75, 3.05) is 23.7 Å². The van der Waals surface area contributed by atoms with Crippen LogP contribution in [0.3, 0.4) is 0 Å². The highest BCUT2D eigenvalue weighted by Crippen LogP contribution is 2.34. The number of nitrogens with one attached hydrogen (secondary N) is 2. The predicted molar refractivity (Wildman–Crippen MR) is 173 cm³/mol. The largest absolute Gasteiger partial charge is 0.342 e. The van der Waals surface area contributed by atoms with Crippen LogP contribution in [0.1, 0.15) is 24.0 Å². The van der Waals surface area contributed by atoms with Gasteiger partial charge in [-0.25, -0.2) is 15.0 Å². The van der Waals surface area contributed by atoms with Crippen molar-refractivity contribution in [3.05, 3.63) is 113 Å². The van der Waals surface area contributed by atoms with Crippen LogP contribution in [0.5, 0.6) is 0 Å². The summed E-state index contributed by atoms with van der Waals surface area (Å²) in [6.45, 7) is 3.14. The van der Waals surface area contributed by atoms with Crippen LogP contribution in [-0.2, 0) is 16.0 Å². The van der Waals surface area contributed by atoms with Gasteiger partial charge in [0.2, 0.25) is 17.8 Å². The molecule has 0 aliphatic carbocycles. The van der Waals surface area contributed by atoms with Gasteiger partial charge in [-0.2, -0.15) is 11.3 Å². The Labute approximate surface area is 258 Å². The quantitative estimate of drug-likeness (QED) is 0.210. The van der Waals surface area contributed by atoms with Crippen LogP contribution in [-0.4, -0.2) is 49.2 Å². The fourth-order valence-electron chi connectivity index (χ4n) is 5.43. The van der Waals surface area contributed by atoms with Gasteiger partial charge in [-0.05, 0) is 70.4 Å². The molecule has 0 unspecified atom stereocenters. The maximum absolute atomic E-state index is 12.7. The molecule has 0 atom stereocenters. The molecular weight excluding hydrogens is 570 g/mol. The molecule has 7 rings (SSSR count). The van der Waals surface area contributed by atoms with Crippen molar-refractivity contribution in [2.24, 2.45) is 0 Å². The molecule has 1 fully saturated rings. The molecule has 0 bridgehead atoms. The first kappa shape index (κ1) is 27.5. The average Bonchev–Trinajstić information content (AvgIpc) is 3.65. The number of anilines is 3. The molecule has 0 spiro atoms. The van der Waals surface area contributed by atoms with Crippen molar-refractivity contribution in [1.29, 1.82) is 0 Å². The van der Waals surface area contributed by atoms with Gasteiger partial charge in [0.1, 0.15) is 5.65 Å². The van der Waals surface area contributed by atoms with Crippen LogP contribution in [0.2, 0.25) is 0 Å². The first-order valence-corrected chi connectivity index (χ1v) is 15.3. The standard InChI is InChI=1S/C34H29N7O2S/c1-22(42)40-19-26(20-40)24-8-10-27(11-9-24)37-34-35-14-12-29(38-34)33-32(39-30-7-2-3-15-41(30)33)25-5-4-6-28(18-25)36-31(43)17-23-13-16-44-21-23/h2-16,18,21,26H,17,19-20H2,1H3,(H,36,43)(H,35,37,38). The number of benzene rings is 2. The highest BCUT2D eigenvalue weighted by molar-refractivity contribution is 7.08. The van der Waals surface area contributed by atoms with Gasteiger partial charge in [0.25, 0.3) is 0 Å². The van der Waals surface area contributed by atoms with E-state index in [1.54, 1.807) is 24.5 Å². The van der Waals surface area contributed by atoms with Crippen molar-refractivity contribution >= 4 is 46.1 Å². The van der Waals surface area contributed by atoms with E-state index in [0.29, 0.717) is 29.7 Å². The number of imidazole rings is 1. The van der Waals surface area contributed by atoms with Gasteiger partial charge in [-0.1, -0.05) is 30.3 Å². The van der Waals surface area contributed by atoms with Gasteiger partial charge in [-0.3, -0.25) is 14.0 Å². The second-order valence-corrected chi connectivity index (χ2v) is 11.6. The molecule has 6 aromatic rings. The molecule has 1 aliphatic heterocycles. The molecule has 5 heterocycles. The Kier molecular flexibility index (Phi) is 7.33. The normalized spacial score (nSPS) is 13.1. The van der Waals surface area contributed by atoms with Crippen molar-refractivity contribution in [2.45, 2.75) is 19.3 Å². The van der Waals surface area contributed by atoms with Crippen molar-refractivity contribution < 1.29 is 9.59 Å². The number of carbonyl (C=O) groups excluding carboxylic acids is 2. The minimum atomic E-state index is -0.0685. The molecule has 4 aromatic heterocycles. The second-order valence-electron chi connectivity index (χ2n) is 10.8. The molecule has 9 nitrogen and oxygen atoms in total. The van der Waals surface area contributed by atoms with E-state index in [1.165, 1.54) is 5.56 Å². The summed E-state index contributed by atoms with van der Waals surface area (Å²) in [6, 6.07) is 25.6. The van der Waals surface area contributed by atoms with Crippen LogP contribution in [0.15, 0.2) is 102 Å². The molecule has 1 aliphatic rings. The highest BCUT2D eigenvalue weighted by atomic mass is 32.1. The number of nitrogens with zero attached hydrogens (tertiary/aromatic N) is 5. The number of aromatic nitrogens is 4. The number of carbonyl (C=O) groups is 2. The third-order valence-corrected chi connectivity index (χ3v) is 8.49. The van der Waals surface area contributed by atoms with Crippen LogP contribution < -0.4 is 10.6 Å². The Morgan fingerprint density at radius 3 is 2.61 bits per heavy atom. The van der Waals surface area contributed by atoms with Gasteiger partial charge in [0, 0.05) is 55.3 Å². The SMILES string of the molecule is CC(=O)N1CC(c2ccc(Nc3nccc(-c4c(-c5cccc(NC(=O)Cc6ccsc6)c5)nc5ccccn45)n3)cc2)C1. The van der Waals surface area contributed by atoms with E-state index in [4.69, 9.17) is 9.97 Å². The molecule has 2 aromatic carbocycles. The van der Waals surface area contributed by atoms with Gasteiger partial charge in [0.05, 0.1) is 23.5 Å². The lowest BCUT2D eigenvalue weighted by Gasteiger charge is -2.39. The summed E-state index contributed by atoms with van der Waals surface area (Å²) in [5, 5.41) is 10.3. The van der Waals surface area contributed by atoms with Gasteiger partial charge in [0.15, 0.2) is 0 Å². The fourth-order valence-corrected chi connectivity index (χ4v) is 6.10. The van der Waals surface area contributed by atoms with E-state index in [1.807, 2.05) is 93.0 Å². The maximum atomic E-state index is 12.7. The number of pyridine rings is 1. The Bertz CT molecular complexity index is 1960. The Hall–Kier alpha value is -5.35. The van der Waals surface area contributed by atoms with E-state index in [9.17, 15) is 9.59 Å². The van der Waals surface area contributed by atoms with Gasteiger partial charge in [-0.15, -0.1) is 0 Å². The smallest absolute Gasteiger partial charge is 0.228 e.